The summed E-state index contributed by atoms with van der Waals surface area (Å²) in [5.41, 5.74) is 1.56. The summed E-state index contributed by atoms with van der Waals surface area (Å²) in [6, 6.07) is 7.04. The number of ether oxygens (including phenoxy) is 1. The number of carbonyl (C=O) groups is 2. The number of benzene rings is 1. The molecule has 1 aromatic carbocycles. The Morgan fingerprint density at radius 3 is 2.47 bits per heavy atom. The molecule has 1 saturated heterocycles. The van der Waals surface area contributed by atoms with E-state index in [-0.39, 0.29) is 11.9 Å². The Hall–Kier alpha value is -2.04. The topological polar surface area (TPSA) is 58.6 Å². The van der Waals surface area contributed by atoms with Gasteiger partial charge in [-0.15, -0.1) is 0 Å². The van der Waals surface area contributed by atoms with Gasteiger partial charge in [0.2, 0.25) is 0 Å². The molecule has 90 valence electrons. The molecular weight excluding hydrogens is 220 g/mol. The maximum atomic E-state index is 11.7. The fourth-order valence-electron chi connectivity index (χ4n) is 1.68. The van der Waals surface area contributed by atoms with Crippen LogP contribution in [0.4, 0.5) is 4.79 Å². The smallest absolute Gasteiger partial charge is 0.407 e. The molecule has 2 amide bonds. The quantitative estimate of drug-likeness (QED) is 0.835. The van der Waals surface area contributed by atoms with Crippen LogP contribution in [-0.4, -0.2) is 37.6 Å². The lowest BCUT2D eigenvalue weighted by atomic mass is 10.1. The van der Waals surface area contributed by atoms with Gasteiger partial charge in [0.25, 0.3) is 5.91 Å². The van der Waals surface area contributed by atoms with Crippen LogP contribution in [0.3, 0.4) is 0 Å². The summed E-state index contributed by atoms with van der Waals surface area (Å²) in [5, 5.41) is 2.69. The van der Waals surface area contributed by atoms with Gasteiger partial charge in [0.1, 0.15) is 6.61 Å². The number of rotatable bonds is 2. The fourth-order valence-corrected chi connectivity index (χ4v) is 1.68. The minimum absolute atomic E-state index is 0.0387. The maximum absolute atomic E-state index is 11.7. The Kier molecular flexibility index (Phi) is 2.99. The van der Waals surface area contributed by atoms with Crippen LogP contribution in [-0.2, 0) is 4.74 Å². The van der Waals surface area contributed by atoms with Gasteiger partial charge in [0, 0.05) is 19.7 Å². The summed E-state index contributed by atoms with van der Waals surface area (Å²) in [7, 11) is 3.42. The third-order valence-electron chi connectivity index (χ3n) is 2.64. The third-order valence-corrected chi connectivity index (χ3v) is 2.64. The number of cyclic esters (lactones) is 1. The standard InChI is InChI=1S/C12H14N2O3/c1-14(2)11(15)9-5-3-8(4-6-9)10-7-17-12(16)13-10/h3-6,10H,7H2,1-2H3,(H,13,16). The largest absolute Gasteiger partial charge is 0.447 e. The van der Waals surface area contributed by atoms with E-state index >= 15 is 0 Å². The molecule has 0 aromatic heterocycles. The molecule has 0 aliphatic carbocycles. The minimum atomic E-state index is -0.400. The SMILES string of the molecule is CN(C)C(=O)c1ccc(C2COC(=O)N2)cc1. The van der Waals surface area contributed by atoms with Gasteiger partial charge in [-0.2, -0.15) is 0 Å². The molecule has 1 unspecified atom stereocenters. The van der Waals surface area contributed by atoms with Crippen LogP contribution in [0.1, 0.15) is 22.0 Å². The molecule has 2 rings (SSSR count). The number of hydrogen-bond acceptors (Lipinski definition) is 3. The highest BCUT2D eigenvalue weighted by atomic mass is 16.6. The first-order chi connectivity index (χ1) is 8.08. The first-order valence-electron chi connectivity index (χ1n) is 5.33. The molecule has 1 atom stereocenters. The van der Waals surface area contributed by atoms with Crippen LogP contribution >= 0.6 is 0 Å². The summed E-state index contributed by atoms with van der Waals surface area (Å²) >= 11 is 0. The fraction of sp³-hybridized carbons (Fsp3) is 0.333. The zero-order valence-corrected chi connectivity index (χ0v) is 9.77. The van der Waals surface area contributed by atoms with E-state index < -0.39 is 6.09 Å². The van der Waals surface area contributed by atoms with Gasteiger partial charge in [-0.25, -0.2) is 4.79 Å². The average Bonchev–Trinajstić information content (AvgIpc) is 2.75. The van der Waals surface area contributed by atoms with E-state index in [9.17, 15) is 9.59 Å². The lowest BCUT2D eigenvalue weighted by Gasteiger charge is -2.12. The monoisotopic (exact) mass is 234 g/mol. The van der Waals surface area contributed by atoms with Crippen molar-refractivity contribution < 1.29 is 14.3 Å². The van der Waals surface area contributed by atoms with Crippen molar-refractivity contribution in [2.24, 2.45) is 0 Å². The van der Waals surface area contributed by atoms with Crippen molar-refractivity contribution in [3.8, 4) is 0 Å². The van der Waals surface area contributed by atoms with Crippen molar-refractivity contribution in [2.45, 2.75) is 6.04 Å². The van der Waals surface area contributed by atoms with Crippen LogP contribution in [0, 0.1) is 0 Å². The van der Waals surface area contributed by atoms with Gasteiger partial charge in [-0.3, -0.25) is 4.79 Å². The Morgan fingerprint density at radius 1 is 1.35 bits per heavy atom. The van der Waals surface area contributed by atoms with E-state index in [4.69, 9.17) is 4.74 Å². The predicted molar refractivity (Wildman–Crippen MR) is 61.7 cm³/mol. The van der Waals surface area contributed by atoms with Gasteiger partial charge in [0.15, 0.2) is 0 Å². The van der Waals surface area contributed by atoms with Crippen molar-refractivity contribution in [3.63, 3.8) is 0 Å². The molecule has 1 aliphatic rings. The second-order valence-electron chi connectivity index (χ2n) is 4.12. The normalized spacial score (nSPS) is 18.5. The van der Waals surface area contributed by atoms with Crippen LogP contribution in [0.2, 0.25) is 0 Å². The minimum Gasteiger partial charge on any atom is -0.447 e. The number of nitrogens with one attached hydrogen (secondary N) is 1. The lowest BCUT2D eigenvalue weighted by Crippen LogP contribution is -2.22. The average molecular weight is 234 g/mol. The van der Waals surface area contributed by atoms with Gasteiger partial charge in [-0.1, -0.05) is 12.1 Å². The number of alkyl carbamates (subject to hydrolysis) is 1. The van der Waals surface area contributed by atoms with Crippen molar-refractivity contribution in [2.75, 3.05) is 20.7 Å². The highest BCUT2D eigenvalue weighted by Crippen LogP contribution is 2.18. The van der Waals surface area contributed by atoms with Gasteiger partial charge < -0.3 is 15.0 Å². The molecule has 1 heterocycles. The summed E-state index contributed by atoms with van der Waals surface area (Å²) in [6.07, 6.45) is -0.400. The summed E-state index contributed by atoms with van der Waals surface area (Å²) in [5.74, 6) is -0.0387. The number of nitrogens with zero attached hydrogens (tertiary/aromatic N) is 1. The molecule has 0 spiro atoms. The third kappa shape index (κ3) is 2.38. The van der Waals surface area contributed by atoms with Crippen LogP contribution in [0.5, 0.6) is 0 Å². The predicted octanol–water partition coefficient (Wildman–Crippen LogP) is 1.17. The molecule has 0 bridgehead atoms. The van der Waals surface area contributed by atoms with Crippen molar-refractivity contribution in [3.05, 3.63) is 35.4 Å². The van der Waals surface area contributed by atoms with Gasteiger partial charge in [0.05, 0.1) is 6.04 Å². The molecule has 17 heavy (non-hydrogen) atoms. The van der Waals surface area contributed by atoms with E-state index in [1.54, 1.807) is 26.2 Å². The van der Waals surface area contributed by atoms with E-state index in [0.717, 1.165) is 5.56 Å². The van der Waals surface area contributed by atoms with E-state index in [2.05, 4.69) is 5.32 Å². The van der Waals surface area contributed by atoms with Crippen molar-refractivity contribution >= 4 is 12.0 Å². The zero-order chi connectivity index (χ0) is 12.4. The Balaban J connectivity index is 2.13. The molecule has 1 N–H and O–H groups in total. The summed E-state index contributed by atoms with van der Waals surface area (Å²) < 4.78 is 4.81. The molecule has 1 aliphatic heterocycles. The van der Waals surface area contributed by atoms with Gasteiger partial charge >= 0.3 is 6.09 Å². The Morgan fingerprint density at radius 2 is 2.00 bits per heavy atom. The van der Waals surface area contributed by atoms with Crippen LogP contribution in [0.15, 0.2) is 24.3 Å². The first-order valence-corrected chi connectivity index (χ1v) is 5.33. The second-order valence-corrected chi connectivity index (χ2v) is 4.12. The van der Waals surface area contributed by atoms with E-state index in [0.29, 0.717) is 12.2 Å². The summed E-state index contributed by atoms with van der Waals surface area (Å²) in [6.45, 7) is 0.333. The highest BCUT2D eigenvalue weighted by molar-refractivity contribution is 5.93. The second kappa shape index (κ2) is 4.45. The molecular formula is C12H14N2O3. The van der Waals surface area contributed by atoms with Crippen molar-refractivity contribution in [1.29, 1.82) is 0 Å². The van der Waals surface area contributed by atoms with Crippen LogP contribution < -0.4 is 5.32 Å². The molecule has 5 nitrogen and oxygen atoms in total. The zero-order valence-electron chi connectivity index (χ0n) is 9.77. The molecule has 0 saturated carbocycles. The van der Waals surface area contributed by atoms with Crippen molar-refractivity contribution in [1.82, 2.24) is 10.2 Å². The highest BCUT2D eigenvalue weighted by Gasteiger charge is 2.23. The number of hydrogen-bond donors (Lipinski definition) is 1. The Bertz CT molecular complexity index is 440. The number of carbonyl (C=O) groups excluding carboxylic acids is 2. The molecule has 5 heteroatoms. The first kappa shape index (κ1) is 11.4. The summed E-state index contributed by atoms with van der Waals surface area (Å²) in [4.78, 5) is 24.1. The maximum Gasteiger partial charge on any atom is 0.407 e. The van der Waals surface area contributed by atoms with Crippen LogP contribution in [0.25, 0.3) is 0 Å². The Labute approximate surface area is 99.4 Å². The van der Waals surface area contributed by atoms with E-state index in [1.165, 1.54) is 4.90 Å². The molecule has 1 fully saturated rings. The molecule has 1 aromatic rings. The lowest BCUT2D eigenvalue weighted by molar-refractivity contribution is 0.0827. The molecule has 0 radical (unpaired) electrons. The number of amides is 2. The van der Waals surface area contributed by atoms with E-state index in [1.807, 2.05) is 12.1 Å². The van der Waals surface area contributed by atoms with Gasteiger partial charge in [-0.05, 0) is 17.7 Å².